The van der Waals surface area contributed by atoms with Crippen LogP contribution in [0.15, 0.2) is 24.3 Å². The highest BCUT2D eigenvalue weighted by Gasteiger charge is 2.21. The van der Waals surface area contributed by atoms with Crippen molar-refractivity contribution in [2.24, 2.45) is 0 Å². The minimum Gasteiger partial charge on any atom is -0.376 e. The molecule has 1 aliphatic heterocycles. The highest BCUT2D eigenvalue weighted by atomic mass is 16.5. The fraction of sp³-hybridized carbons (Fsp3) is 0.562. The molecule has 3 heteroatoms. The first-order valence-electron chi connectivity index (χ1n) is 7.19. The fourth-order valence-corrected chi connectivity index (χ4v) is 2.39. The molecule has 0 saturated carbocycles. The first kappa shape index (κ1) is 14.2. The van der Waals surface area contributed by atoms with Crippen molar-refractivity contribution in [3.63, 3.8) is 0 Å². The predicted octanol–water partition coefficient (Wildman–Crippen LogP) is 2.54. The number of ether oxygens (including phenoxy) is 1. The predicted molar refractivity (Wildman–Crippen MR) is 76.6 cm³/mol. The van der Waals surface area contributed by atoms with Gasteiger partial charge in [-0.2, -0.15) is 0 Å². The molecular formula is C16H23NO2. The van der Waals surface area contributed by atoms with E-state index < -0.39 is 0 Å². The topological polar surface area (TPSA) is 29.5 Å². The highest BCUT2D eigenvalue weighted by Crippen LogP contribution is 2.11. The summed E-state index contributed by atoms with van der Waals surface area (Å²) in [6.07, 6.45) is 2.30. The molecule has 1 fully saturated rings. The molecule has 0 amide bonds. The SMILES string of the molecule is CCc1ccc(C(=O)CN2CCOC(CC)C2)cc1. The van der Waals surface area contributed by atoms with Gasteiger partial charge in [-0.1, -0.05) is 38.1 Å². The molecule has 19 heavy (non-hydrogen) atoms. The maximum absolute atomic E-state index is 12.2. The van der Waals surface area contributed by atoms with Gasteiger partial charge in [0.05, 0.1) is 19.3 Å². The Morgan fingerprint density at radius 2 is 2.05 bits per heavy atom. The Hall–Kier alpha value is -1.19. The van der Waals surface area contributed by atoms with E-state index in [0.717, 1.165) is 38.1 Å². The first-order valence-corrected chi connectivity index (χ1v) is 7.19. The third-order valence-electron chi connectivity index (χ3n) is 3.73. The molecule has 1 aromatic carbocycles. The molecule has 1 atom stereocenters. The average molecular weight is 261 g/mol. The summed E-state index contributed by atoms with van der Waals surface area (Å²) in [5, 5.41) is 0. The normalized spacial score (nSPS) is 20.4. The molecule has 0 N–H and O–H groups in total. The zero-order chi connectivity index (χ0) is 13.7. The van der Waals surface area contributed by atoms with Crippen LogP contribution in [-0.4, -0.2) is 43.0 Å². The summed E-state index contributed by atoms with van der Waals surface area (Å²) in [6, 6.07) is 7.97. The van der Waals surface area contributed by atoms with Crippen LogP contribution in [0.4, 0.5) is 0 Å². The summed E-state index contributed by atoms with van der Waals surface area (Å²) in [5.74, 6) is 0.208. The van der Waals surface area contributed by atoms with Crippen LogP contribution in [-0.2, 0) is 11.2 Å². The van der Waals surface area contributed by atoms with Crippen LogP contribution >= 0.6 is 0 Å². The number of morpholine rings is 1. The average Bonchev–Trinajstić information content (AvgIpc) is 2.47. The van der Waals surface area contributed by atoms with Gasteiger partial charge in [-0.25, -0.2) is 0 Å². The molecule has 1 heterocycles. The maximum atomic E-state index is 12.2. The number of Topliss-reactive ketones (excluding diaryl/α,β-unsaturated/α-hetero) is 1. The molecule has 1 unspecified atom stereocenters. The summed E-state index contributed by atoms with van der Waals surface area (Å²) >= 11 is 0. The quantitative estimate of drug-likeness (QED) is 0.763. The van der Waals surface area contributed by atoms with E-state index in [-0.39, 0.29) is 11.9 Å². The Balaban J connectivity index is 1.92. The lowest BCUT2D eigenvalue weighted by molar-refractivity contribution is -0.0271. The van der Waals surface area contributed by atoms with E-state index in [1.54, 1.807) is 0 Å². The van der Waals surface area contributed by atoms with Gasteiger partial charge in [0.25, 0.3) is 0 Å². The van der Waals surface area contributed by atoms with Crippen LogP contribution < -0.4 is 0 Å². The summed E-state index contributed by atoms with van der Waals surface area (Å²) in [7, 11) is 0. The van der Waals surface area contributed by atoms with E-state index in [2.05, 4.69) is 18.7 Å². The Kier molecular flexibility index (Phi) is 5.11. The third kappa shape index (κ3) is 3.88. The van der Waals surface area contributed by atoms with Crippen LogP contribution in [0.1, 0.15) is 36.2 Å². The van der Waals surface area contributed by atoms with Crippen molar-refractivity contribution < 1.29 is 9.53 Å². The lowest BCUT2D eigenvalue weighted by atomic mass is 10.1. The van der Waals surface area contributed by atoms with Gasteiger partial charge in [0.1, 0.15) is 0 Å². The van der Waals surface area contributed by atoms with Gasteiger partial charge in [-0.3, -0.25) is 9.69 Å². The largest absolute Gasteiger partial charge is 0.376 e. The number of carbonyl (C=O) groups excluding carboxylic acids is 1. The van der Waals surface area contributed by atoms with E-state index in [1.165, 1.54) is 5.56 Å². The third-order valence-corrected chi connectivity index (χ3v) is 3.73. The van der Waals surface area contributed by atoms with Gasteiger partial charge >= 0.3 is 0 Å². The van der Waals surface area contributed by atoms with Crippen LogP contribution in [0.25, 0.3) is 0 Å². The molecule has 104 valence electrons. The minimum atomic E-state index is 0.208. The standard InChI is InChI=1S/C16H23NO2/c1-3-13-5-7-14(8-6-13)16(18)12-17-9-10-19-15(4-2)11-17/h5-8,15H,3-4,9-12H2,1-2H3. The lowest BCUT2D eigenvalue weighted by Crippen LogP contribution is -2.44. The molecule has 0 bridgehead atoms. The first-order chi connectivity index (χ1) is 9.22. The van der Waals surface area contributed by atoms with Crippen molar-refractivity contribution in [1.82, 2.24) is 4.90 Å². The number of ketones is 1. The summed E-state index contributed by atoms with van der Waals surface area (Å²) in [4.78, 5) is 14.4. The van der Waals surface area contributed by atoms with Crippen molar-refractivity contribution in [3.8, 4) is 0 Å². The van der Waals surface area contributed by atoms with Crippen molar-refractivity contribution >= 4 is 5.78 Å². The smallest absolute Gasteiger partial charge is 0.176 e. The number of benzene rings is 1. The van der Waals surface area contributed by atoms with E-state index >= 15 is 0 Å². The maximum Gasteiger partial charge on any atom is 0.176 e. The molecule has 1 saturated heterocycles. The monoisotopic (exact) mass is 261 g/mol. The van der Waals surface area contributed by atoms with E-state index in [1.807, 2.05) is 24.3 Å². The minimum absolute atomic E-state index is 0.208. The Morgan fingerprint density at radius 1 is 1.32 bits per heavy atom. The molecule has 3 nitrogen and oxygen atoms in total. The molecule has 1 aliphatic rings. The number of nitrogens with zero attached hydrogens (tertiary/aromatic N) is 1. The molecule has 0 aliphatic carbocycles. The molecule has 1 aromatic rings. The number of hydrogen-bond acceptors (Lipinski definition) is 3. The number of carbonyl (C=O) groups is 1. The molecular weight excluding hydrogens is 238 g/mol. The van der Waals surface area contributed by atoms with Crippen molar-refractivity contribution in [3.05, 3.63) is 35.4 Å². The van der Waals surface area contributed by atoms with Crippen molar-refractivity contribution in [1.29, 1.82) is 0 Å². The fourth-order valence-electron chi connectivity index (χ4n) is 2.39. The molecule has 0 spiro atoms. The highest BCUT2D eigenvalue weighted by molar-refractivity contribution is 5.97. The second-order valence-electron chi connectivity index (χ2n) is 5.11. The Morgan fingerprint density at radius 3 is 2.68 bits per heavy atom. The number of hydrogen-bond donors (Lipinski definition) is 0. The summed E-state index contributed by atoms with van der Waals surface area (Å²) < 4.78 is 5.62. The second kappa shape index (κ2) is 6.83. The van der Waals surface area contributed by atoms with Crippen LogP contribution in [0, 0.1) is 0 Å². The van der Waals surface area contributed by atoms with E-state index in [0.29, 0.717) is 6.54 Å². The summed E-state index contributed by atoms with van der Waals surface area (Å²) in [6.45, 7) is 7.21. The van der Waals surface area contributed by atoms with E-state index in [9.17, 15) is 4.79 Å². The zero-order valence-corrected chi connectivity index (χ0v) is 11.9. The Bertz CT molecular complexity index is 413. The summed E-state index contributed by atoms with van der Waals surface area (Å²) in [5.41, 5.74) is 2.09. The Labute approximate surface area is 115 Å². The molecule has 0 aromatic heterocycles. The lowest BCUT2D eigenvalue weighted by Gasteiger charge is -2.31. The molecule has 2 rings (SSSR count). The van der Waals surface area contributed by atoms with Gasteiger partial charge in [-0.15, -0.1) is 0 Å². The van der Waals surface area contributed by atoms with Crippen molar-refractivity contribution in [2.75, 3.05) is 26.2 Å². The molecule has 0 radical (unpaired) electrons. The van der Waals surface area contributed by atoms with Crippen LogP contribution in [0.3, 0.4) is 0 Å². The van der Waals surface area contributed by atoms with E-state index in [4.69, 9.17) is 4.74 Å². The van der Waals surface area contributed by atoms with Crippen LogP contribution in [0.5, 0.6) is 0 Å². The van der Waals surface area contributed by atoms with Gasteiger partial charge in [-0.05, 0) is 18.4 Å². The van der Waals surface area contributed by atoms with Gasteiger partial charge in [0, 0.05) is 18.7 Å². The second-order valence-corrected chi connectivity index (χ2v) is 5.11. The number of aryl methyl sites for hydroxylation is 1. The van der Waals surface area contributed by atoms with Crippen molar-refractivity contribution in [2.45, 2.75) is 32.8 Å². The van der Waals surface area contributed by atoms with Gasteiger partial charge in [0.2, 0.25) is 0 Å². The zero-order valence-electron chi connectivity index (χ0n) is 11.9. The van der Waals surface area contributed by atoms with Gasteiger partial charge in [0.15, 0.2) is 5.78 Å². The number of rotatable bonds is 5. The van der Waals surface area contributed by atoms with Gasteiger partial charge < -0.3 is 4.74 Å². The van der Waals surface area contributed by atoms with Crippen LogP contribution in [0.2, 0.25) is 0 Å².